The number of methoxy groups -OCH3 is 1. The highest BCUT2D eigenvalue weighted by Gasteiger charge is 2.26. The number of aromatic nitrogens is 3. The van der Waals surface area contributed by atoms with Crippen molar-refractivity contribution >= 4 is 33.9 Å². The fourth-order valence-electron chi connectivity index (χ4n) is 2.57. The summed E-state index contributed by atoms with van der Waals surface area (Å²) in [5.74, 6) is -0.198. The molecule has 0 saturated carbocycles. The molecule has 8 heteroatoms. The van der Waals surface area contributed by atoms with Gasteiger partial charge in [-0.2, -0.15) is 0 Å². The predicted octanol–water partition coefficient (Wildman–Crippen LogP) is 1.81. The lowest BCUT2D eigenvalue weighted by atomic mass is 10.1. The summed E-state index contributed by atoms with van der Waals surface area (Å²) in [7, 11) is 1.45. The van der Waals surface area contributed by atoms with Crippen LogP contribution in [0, 0.1) is 0 Å². The van der Waals surface area contributed by atoms with Gasteiger partial charge in [0.2, 0.25) is 0 Å². The highest BCUT2D eigenvalue weighted by Crippen LogP contribution is 2.33. The summed E-state index contributed by atoms with van der Waals surface area (Å²) in [4.78, 5) is 16.9. The number of nitrogens with one attached hydrogen (secondary N) is 1. The third kappa shape index (κ3) is 2.12. The van der Waals surface area contributed by atoms with E-state index in [1.54, 1.807) is 30.3 Å². The van der Waals surface area contributed by atoms with E-state index in [2.05, 4.69) is 25.7 Å². The van der Waals surface area contributed by atoms with Crippen molar-refractivity contribution in [2.24, 2.45) is 4.99 Å². The molecule has 1 amide bonds. The van der Waals surface area contributed by atoms with Crippen molar-refractivity contribution in [3.8, 4) is 11.5 Å². The summed E-state index contributed by atoms with van der Waals surface area (Å²) in [5.41, 5.74) is 2.23. The van der Waals surface area contributed by atoms with E-state index in [1.165, 1.54) is 13.2 Å². The first-order chi connectivity index (χ1) is 11.7. The quantitative estimate of drug-likeness (QED) is 0.761. The van der Waals surface area contributed by atoms with Crippen LogP contribution in [0.3, 0.4) is 0 Å². The van der Waals surface area contributed by atoms with Crippen molar-refractivity contribution < 1.29 is 14.6 Å². The van der Waals surface area contributed by atoms with Crippen LogP contribution >= 0.6 is 0 Å². The number of carbonyl (C=O) groups is 1. The largest absolute Gasteiger partial charge is 0.504 e. The molecular weight excluding hydrogens is 310 g/mol. The van der Waals surface area contributed by atoms with Gasteiger partial charge in [-0.3, -0.25) is 4.79 Å². The molecule has 24 heavy (non-hydrogen) atoms. The van der Waals surface area contributed by atoms with Gasteiger partial charge in [-0.15, -0.1) is 10.2 Å². The number of phenols is 1. The lowest BCUT2D eigenvalue weighted by Gasteiger charge is -2.08. The lowest BCUT2D eigenvalue weighted by molar-refractivity contribution is -0.110. The number of amides is 1. The number of carbonyl (C=O) groups excluding carboxylic acids is 1. The van der Waals surface area contributed by atoms with Gasteiger partial charge in [-0.25, -0.2) is 4.99 Å². The molecule has 4 rings (SSSR count). The van der Waals surface area contributed by atoms with E-state index in [-0.39, 0.29) is 11.5 Å². The number of rotatable bonds is 3. The Hall–Kier alpha value is -3.55. The number of hydrogen-bond donors (Lipinski definition) is 2. The maximum Gasteiger partial charge on any atom is 0.276 e. The second-order valence-electron chi connectivity index (χ2n) is 5.11. The van der Waals surface area contributed by atoms with E-state index in [0.29, 0.717) is 33.7 Å². The molecule has 0 radical (unpaired) electrons. The Morgan fingerprint density at radius 2 is 2.08 bits per heavy atom. The Morgan fingerprint density at radius 3 is 2.88 bits per heavy atom. The van der Waals surface area contributed by atoms with Crippen LogP contribution in [0.5, 0.6) is 11.5 Å². The van der Waals surface area contributed by atoms with Crippen LogP contribution < -0.4 is 10.1 Å². The molecule has 118 valence electrons. The second-order valence-corrected chi connectivity index (χ2v) is 5.11. The molecule has 1 aromatic heterocycles. The minimum absolute atomic E-state index is 0.0713. The maximum absolute atomic E-state index is 12.5. The fourth-order valence-corrected chi connectivity index (χ4v) is 2.57. The third-order valence-corrected chi connectivity index (χ3v) is 3.66. The van der Waals surface area contributed by atoms with Crippen molar-refractivity contribution in [2.75, 3.05) is 12.4 Å². The van der Waals surface area contributed by atoms with Crippen LogP contribution in [0.25, 0.3) is 10.9 Å². The Bertz CT molecular complexity index is 1010. The monoisotopic (exact) mass is 321 g/mol. The van der Waals surface area contributed by atoms with E-state index in [0.717, 1.165) is 0 Å². The SMILES string of the molecule is COc1ccc(NC(=O)C2=Nc3cccc4nnnc2c34)cc1O. The first-order valence-electron chi connectivity index (χ1n) is 7.07. The third-order valence-electron chi connectivity index (χ3n) is 3.66. The molecule has 0 atom stereocenters. The van der Waals surface area contributed by atoms with Crippen LogP contribution in [0.1, 0.15) is 5.69 Å². The molecule has 0 unspecified atom stereocenters. The zero-order valence-corrected chi connectivity index (χ0v) is 12.5. The molecule has 0 bridgehead atoms. The highest BCUT2D eigenvalue weighted by atomic mass is 16.5. The van der Waals surface area contributed by atoms with Gasteiger partial charge in [-0.1, -0.05) is 6.07 Å². The van der Waals surface area contributed by atoms with E-state index >= 15 is 0 Å². The zero-order chi connectivity index (χ0) is 16.7. The molecular formula is C16H11N5O3. The molecule has 3 aromatic rings. The number of nitrogens with zero attached hydrogens (tertiary/aromatic N) is 4. The Labute approximate surface area is 135 Å². The molecule has 8 nitrogen and oxygen atoms in total. The molecule has 0 aliphatic carbocycles. The predicted molar refractivity (Wildman–Crippen MR) is 86.8 cm³/mol. The molecule has 2 heterocycles. The lowest BCUT2D eigenvalue weighted by Crippen LogP contribution is -2.23. The second kappa shape index (κ2) is 5.27. The van der Waals surface area contributed by atoms with Gasteiger partial charge in [0.15, 0.2) is 17.2 Å². The van der Waals surface area contributed by atoms with Gasteiger partial charge in [0.05, 0.1) is 23.7 Å². The van der Waals surface area contributed by atoms with Crippen LogP contribution in [-0.4, -0.2) is 39.2 Å². The minimum atomic E-state index is -0.447. The highest BCUT2D eigenvalue weighted by molar-refractivity contribution is 6.52. The normalized spacial score (nSPS) is 12.1. The van der Waals surface area contributed by atoms with Crippen molar-refractivity contribution in [3.05, 3.63) is 42.1 Å². The number of phenolic OH excluding ortho intramolecular Hbond substituents is 1. The summed E-state index contributed by atoms with van der Waals surface area (Å²) in [6.45, 7) is 0. The summed E-state index contributed by atoms with van der Waals surface area (Å²) in [5, 5.41) is 24.7. The average molecular weight is 321 g/mol. The number of benzene rings is 2. The van der Waals surface area contributed by atoms with Crippen molar-refractivity contribution in [2.45, 2.75) is 0 Å². The Morgan fingerprint density at radius 1 is 1.21 bits per heavy atom. The first kappa shape index (κ1) is 14.1. The van der Waals surface area contributed by atoms with Gasteiger partial charge in [-0.05, 0) is 29.5 Å². The number of anilines is 1. The molecule has 0 saturated heterocycles. The smallest absolute Gasteiger partial charge is 0.276 e. The number of aromatic hydroxyl groups is 1. The minimum Gasteiger partial charge on any atom is -0.504 e. The van der Waals surface area contributed by atoms with Gasteiger partial charge in [0.1, 0.15) is 5.69 Å². The molecule has 0 fully saturated rings. The molecule has 0 spiro atoms. The maximum atomic E-state index is 12.5. The summed E-state index contributed by atoms with van der Waals surface area (Å²) in [6.07, 6.45) is 0. The summed E-state index contributed by atoms with van der Waals surface area (Å²) >= 11 is 0. The molecule has 2 N–H and O–H groups in total. The van der Waals surface area contributed by atoms with Crippen LogP contribution in [-0.2, 0) is 4.79 Å². The van der Waals surface area contributed by atoms with Crippen LogP contribution in [0.15, 0.2) is 41.4 Å². The van der Waals surface area contributed by atoms with E-state index in [9.17, 15) is 9.90 Å². The fraction of sp³-hybridized carbons (Fsp3) is 0.0625. The van der Waals surface area contributed by atoms with Gasteiger partial charge < -0.3 is 15.2 Å². The summed E-state index contributed by atoms with van der Waals surface area (Å²) in [6, 6.07) is 9.94. The Kier molecular flexibility index (Phi) is 3.09. The summed E-state index contributed by atoms with van der Waals surface area (Å²) < 4.78 is 4.97. The number of aliphatic imine (C=N–C) groups is 1. The van der Waals surface area contributed by atoms with Crippen LogP contribution in [0.2, 0.25) is 0 Å². The molecule has 2 aromatic carbocycles. The molecule has 1 aliphatic heterocycles. The zero-order valence-electron chi connectivity index (χ0n) is 12.5. The van der Waals surface area contributed by atoms with Gasteiger partial charge in [0.25, 0.3) is 5.91 Å². The van der Waals surface area contributed by atoms with Crippen molar-refractivity contribution in [1.82, 2.24) is 15.4 Å². The van der Waals surface area contributed by atoms with Crippen LogP contribution in [0.4, 0.5) is 11.4 Å². The van der Waals surface area contributed by atoms with Crippen molar-refractivity contribution in [3.63, 3.8) is 0 Å². The first-order valence-corrected chi connectivity index (χ1v) is 7.07. The average Bonchev–Trinajstić information content (AvgIpc) is 2.96. The Balaban J connectivity index is 1.67. The topological polar surface area (TPSA) is 110 Å². The molecule has 1 aliphatic rings. The van der Waals surface area contributed by atoms with E-state index < -0.39 is 5.91 Å². The number of hydrogen-bond acceptors (Lipinski definition) is 7. The number of ether oxygens (including phenoxy) is 1. The standard InChI is InChI=1S/C16H11N5O3/c1-24-12-6-5-8(7-11(12)22)17-16(23)15-14-13-9(18-15)3-2-4-10(13)19-21-20-14/h2-7,22H,1H3,(H,17,23). The van der Waals surface area contributed by atoms with Gasteiger partial charge in [0, 0.05) is 11.8 Å². The van der Waals surface area contributed by atoms with Crippen molar-refractivity contribution in [1.29, 1.82) is 0 Å². The van der Waals surface area contributed by atoms with E-state index in [4.69, 9.17) is 4.74 Å². The van der Waals surface area contributed by atoms with Gasteiger partial charge >= 0.3 is 0 Å². The van der Waals surface area contributed by atoms with E-state index in [1.807, 2.05) is 0 Å².